The molecule has 0 spiro atoms. The molecule has 0 fully saturated rings. The second kappa shape index (κ2) is 8.29. The summed E-state index contributed by atoms with van der Waals surface area (Å²) in [5, 5.41) is 18.8. The van der Waals surface area contributed by atoms with Gasteiger partial charge in [0.1, 0.15) is 0 Å². The molecule has 0 heterocycles. The van der Waals surface area contributed by atoms with Crippen LogP contribution in [0, 0.1) is 0 Å². The number of carboxylic acid groups (broad SMARTS) is 1. The molecule has 0 radical (unpaired) electrons. The fraction of sp³-hybridized carbons (Fsp3) is 0.857. The largest absolute Gasteiger partial charge is 0.465 e. The van der Waals surface area contributed by atoms with E-state index in [-0.39, 0.29) is 6.61 Å². The Kier molecular flexibility index (Phi) is 7.73. The molecule has 3 N–H and O–H groups in total. The van der Waals surface area contributed by atoms with E-state index in [9.17, 15) is 4.79 Å². The molecule has 0 saturated heterocycles. The van der Waals surface area contributed by atoms with E-state index in [0.717, 1.165) is 0 Å². The number of amides is 1. The summed E-state index contributed by atoms with van der Waals surface area (Å²) in [6.45, 7) is 1.60. The Morgan fingerprint density at radius 2 is 2.00 bits per heavy atom. The smallest absolute Gasteiger partial charge is 0.404 e. The Hall–Kier alpha value is -0.810. The van der Waals surface area contributed by atoms with Gasteiger partial charge >= 0.3 is 6.09 Å². The number of carbonyl (C=O) groups is 1. The maximum atomic E-state index is 9.95. The van der Waals surface area contributed by atoms with E-state index in [2.05, 4.69) is 5.32 Å². The van der Waals surface area contributed by atoms with Crippen LogP contribution in [0.2, 0.25) is 0 Å². The highest BCUT2D eigenvalue weighted by Gasteiger charge is 1.92. The zero-order valence-electron chi connectivity index (χ0n) is 6.95. The summed E-state index contributed by atoms with van der Waals surface area (Å²) in [6.07, 6.45) is 0.287. The van der Waals surface area contributed by atoms with Crippen molar-refractivity contribution in [1.29, 1.82) is 0 Å². The molecule has 0 unspecified atom stereocenters. The average molecular weight is 177 g/mol. The molecule has 0 rings (SSSR count). The van der Waals surface area contributed by atoms with Crippen LogP contribution in [0.15, 0.2) is 0 Å². The van der Waals surface area contributed by atoms with Crippen molar-refractivity contribution >= 4 is 6.09 Å². The molecule has 12 heavy (non-hydrogen) atoms. The molecule has 0 saturated carbocycles. The zero-order chi connectivity index (χ0) is 9.23. The van der Waals surface area contributed by atoms with Crippen molar-refractivity contribution in [3.05, 3.63) is 0 Å². The van der Waals surface area contributed by atoms with Crippen LogP contribution in [0.4, 0.5) is 4.79 Å². The Bertz CT molecular complexity index is 118. The molecule has 0 aliphatic rings. The van der Waals surface area contributed by atoms with E-state index in [1.807, 2.05) is 0 Å². The molecule has 72 valence electrons. The molecule has 0 aliphatic heterocycles. The summed E-state index contributed by atoms with van der Waals surface area (Å²) in [4.78, 5) is 9.95. The van der Waals surface area contributed by atoms with Crippen LogP contribution >= 0.6 is 0 Å². The molecular formula is C7H15NO4. The van der Waals surface area contributed by atoms with E-state index in [1.165, 1.54) is 0 Å². The SMILES string of the molecule is O=C(O)NCCCOCCCO. The minimum absolute atomic E-state index is 0.132. The van der Waals surface area contributed by atoms with Gasteiger partial charge in [0.05, 0.1) is 0 Å². The first-order chi connectivity index (χ1) is 5.77. The summed E-state index contributed by atoms with van der Waals surface area (Å²) >= 11 is 0. The molecular weight excluding hydrogens is 162 g/mol. The Morgan fingerprint density at radius 3 is 2.58 bits per heavy atom. The second-order valence-electron chi connectivity index (χ2n) is 2.28. The van der Waals surface area contributed by atoms with Gasteiger partial charge in [-0.1, -0.05) is 0 Å². The van der Waals surface area contributed by atoms with Crippen LogP contribution in [0.25, 0.3) is 0 Å². The number of nitrogens with one attached hydrogen (secondary N) is 1. The monoisotopic (exact) mass is 177 g/mol. The molecule has 0 aromatic rings. The van der Waals surface area contributed by atoms with Gasteiger partial charge < -0.3 is 20.3 Å². The minimum Gasteiger partial charge on any atom is -0.465 e. The maximum absolute atomic E-state index is 9.95. The lowest BCUT2D eigenvalue weighted by atomic mass is 10.4. The van der Waals surface area contributed by atoms with Gasteiger partial charge in [-0.25, -0.2) is 4.79 Å². The van der Waals surface area contributed by atoms with E-state index in [0.29, 0.717) is 32.6 Å². The number of hydrogen-bond acceptors (Lipinski definition) is 3. The van der Waals surface area contributed by atoms with Gasteiger partial charge in [-0.05, 0) is 12.8 Å². The molecule has 0 aromatic heterocycles. The van der Waals surface area contributed by atoms with Crippen LogP contribution in [0.1, 0.15) is 12.8 Å². The Labute approximate surface area is 71.3 Å². The van der Waals surface area contributed by atoms with E-state index in [4.69, 9.17) is 14.9 Å². The van der Waals surface area contributed by atoms with Crippen LogP contribution in [-0.2, 0) is 4.74 Å². The topological polar surface area (TPSA) is 78.8 Å². The van der Waals surface area contributed by atoms with E-state index >= 15 is 0 Å². The maximum Gasteiger partial charge on any atom is 0.404 e. The first-order valence-electron chi connectivity index (χ1n) is 3.92. The summed E-state index contributed by atoms with van der Waals surface area (Å²) in [6, 6.07) is 0. The Balaban J connectivity index is 2.86. The quantitative estimate of drug-likeness (QED) is 0.480. The fourth-order valence-corrected chi connectivity index (χ4v) is 0.638. The highest BCUT2D eigenvalue weighted by Crippen LogP contribution is 1.84. The first-order valence-corrected chi connectivity index (χ1v) is 3.92. The van der Waals surface area contributed by atoms with Crippen LogP contribution < -0.4 is 5.32 Å². The molecule has 0 aliphatic carbocycles. The lowest BCUT2D eigenvalue weighted by molar-refractivity contribution is 0.114. The predicted octanol–water partition coefficient (Wildman–Crippen LogP) is 0.0431. The molecule has 0 atom stereocenters. The summed E-state index contributed by atoms with van der Waals surface area (Å²) in [5.74, 6) is 0. The lowest BCUT2D eigenvalue weighted by Crippen LogP contribution is -2.22. The number of aliphatic hydroxyl groups excluding tert-OH is 1. The average Bonchev–Trinajstić information content (AvgIpc) is 2.02. The molecule has 5 nitrogen and oxygen atoms in total. The second-order valence-corrected chi connectivity index (χ2v) is 2.28. The summed E-state index contributed by atoms with van der Waals surface area (Å²) in [5.41, 5.74) is 0. The third kappa shape index (κ3) is 9.19. The normalized spacial score (nSPS) is 9.75. The first kappa shape index (κ1) is 11.2. The molecule has 5 heteroatoms. The van der Waals surface area contributed by atoms with Gasteiger partial charge in [0, 0.05) is 26.4 Å². The molecule has 0 bridgehead atoms. The van der Waals surface area contributed by atoms with Crippen molar-refractivity contribution in [1.82, 2.24) is 5.32 Å². The fourth-order valence-electron chi connectivity index (χ4n) is 0.638. The minimum atomic E-state index is -1.01. The highest BCUT2D eigenvalue weighted by atomic mass is 16.5. The third-order valence-corrected chi connectivity index (χ3v) is 1.19. The van der Waals surface area contributed by atoms with E-state index < -0.39 is 6.09 Å². The lowest BCUT2D eigenvalue weighted by Gasteiger charge is -2.02. The van der Waals surface area contributed by atoms with Crippen LogP contribution in [0.3, 0.4) is 0 Å². The van der Waals surface area contributed by atoms with Crippen LogP contribution in [-0.4, -0.2) is 42.7 Å². The van der Waals surface area contributed by atoms with Crippen molar-refractivity contribution in [3.8, 4) is 0 Å². The third-order valence-electron chi connectivity index (χ3n) is 1.19. The van der Waals surface area contributed by atoms with Gasteiger partial charge in [0.2, 0.25) is 0 Å². The highest BCUT2D eigenvalue weighted by molar-refractivity contribution is 5.64. The van der Waals surface area contributed by atoms with Crippen molar-refractivity contribution in [2.75, 3.05) is 26.4 Å². The van der Waals surface area contributed by atoms with Gasteiger partial charge in [0.25, 0.3) is 0 Å². The molecule has 0 aromatic carbocycles. The standard InChI is InChI=1S/C7H15NO4/c9-4-2-6-12-5-1-3-8-7(10)11/h8-9H,1-6H2,(H,10,11). The van der Waals surface area contributed by atoms with Crippen molar-refractivity contribution < 1.29 is 19.7 Å². The van der Waals surface area contributed by atoms with Gasteiger partial charge in [-0.15, -0.1) is 0 Å². The number of rotatable bonds is 7. The Morgan fingerprint density at radius 1 is 1.33 bits per heavy atom. The van der Waals surface area contributed by atoms with Crippen LogP contribution in [0.5, 0.6) is 0 Å². The van der Waals surface area contributed by atoms with Crippen molar-refractivity contribution in [2.24, 2.45) is 0 Å². The zero-order valence-corrected chi connectivity index (χ0v) is 6.95. The number of aliphatic hydroxyl groups is 1. The summed E-state index contributed by atoms with van der Waals surface area (Å²) < 4.78 is 5.06. The number of ether oxygens (including phenoxy) is 1. The van der Waals surface area contributed by atoms with Gasteiger partial charge in [-0.2, -0.15) is 0 Å². The van der Waals surface area contributed by atoms with E-state index in [1.54, 1.807) is 0 Å². The van der Waals surface area contributed by atoms with Gasteiger partial charge in [0.15, 0.2) is 0 Å². The number of hydrogen-bond donors (Lipinski definition) is 3. The van der Waals surface area contributed by atoms with Crippen molar-refractivity contribution in [3.63, 3.8) is 0 Å². The summed E-state index contributed by atoms with van der Waals surface area (Å²) in [7, 11) is 0. The molecule has 1 amide bonds. The van der Waals surface area contributed by atoms with Crippen molar-refractivity contribution in [2.45, 2.75) is 12.8 Å². The van der Waals surface area contributed by atoms with Gasteiger partial charge in [-0.3, -0.25) is 0 Å². The predicted molar refractivity (Wildman–Crippen MR) is 43.2 cm³/mol.